The summed E-state index contributed by atoms with van der Waals surface area (Å²) in [7, 11) is 1.15. The van der Waals surface area contributed by atoms with Crippen LogP contribution in [0.1, 0.15) is 34.9 Å². The van der Waals surface area contributed by atoms with Gasteiger partial charge in [-0.05, 0) is 19.8 Å². The highest BCUT2D eigenvalue weighted by Gasteiger charge is 2.33. The Morgan fingerprint density at radius 2 is 2.00 bits per heavy atom. The number of hydrogen-bond donors (Lipinski definition) is 1. The topological polar surface area (TPSA) is 68.5 Å². The zero-order valence-electron chi connectivity index (χ0n) is 11.9. The Hall–Kier alpha value is -2.44. The Balaban J connectivity index is 2.62. The van der Waals surface area contributed by atoms with Crippen LogP contribution in [0.5, 0.6) is 5.75 Å². The third kappa shape index (κ3) is 1.88. The van der Waals surface area contributed by atoms with E-state index in [1.807, 2.05) is 0 Å². The van der Waals surface area contributed by atoms with Crippen molar-refractivity contribution in [2.75, 3.05) is 7.11 Å². The van der Waals surface area contributed by atoms with Gasteiger partial charge in [-0.15, -0.1) is 0 Å². The molecule has 2 aromatic rings. The molecule has 0 radical (unpaired) electrons. The lowest BCUT2D eigenvalue weighted by Crippen LogP contribution is -2.20. The number of aryl methyl sites for hydroxylation is 1. The van der Waals surface area contributed by atoms with Crippen molar-refractivity contribution in [3.05, 3.63) is 39.2 Å². The lowest BCUT2D eigenvalue weighted by Gasteiger charge is -2.18. The van der Waals surface area contributed by atoms with E-state index in [0.29, 0.717) is 12.8 Å². The number of fused-ring (bicyclic) bond motifs is 1. The predicted octanol–water partition coefficient (Wildman–Crippen LogP) is 2.63. The summed E-state index contributed by atoms with van der Waals surface area (Å²) in [6, 6.07) is 0.791. The molecule has 0 atom stereocenters. The van der Waals surface area contributed by atoms with Gasteiger partial charge in [-0.1, -0.05) is 0 Å². The van der Waals surface area contributed by atoms with Crippen LogP contribution in [0, 0.1) is 18.6 Å². The summed E-state index contributed by atoms with van der Waals surface area (Å²) in [4.78, 5) is 23.6. The Bertz CT molecular complexity index is 868. The maximum atomic E-state index is 14.2. The van der Waals surface area contributed by atoms with Crippen molar-refractivity contribution in [1.82, 2.24) is 4.57 Å². The van der Waals surface area contributed by atoms with Crippen molar-refractivity contribution in [2.24, 2.45) is 0 Å². The van der Waals surface area contributed by atoms with Crippen LogP contribution in [0.15, 0.2) is 10.9 Å². The first-order valence-corrected chi connectivity index (χ1v) is 6.72. The highest BCUT2D eigenvalue weighted by atomic mass is 19.2. The van der Waals surface area contributed by atoms with Crippen LogP contribution in [0.3, 0.4) is 0 Å². The van der Waals surface area contributed by atoms with Crippen molar-refractivity contribution >= 4 is 16.9 Å². The molecule has 1 aliphatic rings. The highest BCUT2D eigenvalue weighted by Crippen LogP contribution is 2.42. The molecular weight excluding hydrogens is 296 g/mol. The average molecular weight is 309 g/mol. The minimum atomic E-state index is -1.30. The van der Waals surface area contributed by atoms with Gasteiger partial charge in [0.15, 0.2) is 17.0 Å². The molecule has 0 bridgehead atoms. The molecule has 5 nitrogen and oxygen atoms in total. The molecule has 1 saturated carbocycles. The molecule has 1 aromatic heterocycles. The largest absolute Gasteiger partial charge is 0.491 e. The molecule has 116 valence electrons. The maximum absolute atomic E-state index is 14.2. The van der Waals surface area contributed by atoms with Crippen LogP contribution in [0.25, 0.3) is 10.9 Å². The maximum Gasteiger partial charge on any atom is 0.352 e. The molecule has 0 aliphatic heterocycles. The van der Waals surface area contributed by atoms with Crippen LogP contribution in [0.2, 0.25) is 0 Å². The number of carbonyl (C=O) groups is 1. The second kappa shape index (κ2) is 4.79. The van der Waals surface area contributed by atoms with E-state index in [-0.39, 0.29) is 28.2 Å². The summed E-state index contributed by atoms with van der Waals surface area (Å²) in [5.41, 5.74) is -1.06. The number of pyridine rings is 1. The Morgan fingerprint density at radius 1 is 1.36 bits per heavy atom. The van der Waals surface area contributed by atoms with Crippen LogP contribution >= 0.6 is 0 Å². The molecule has 0 unspecified atom stereocenters. The third-order valence-corrected chi connectivity index (χ3v) is 3.90. The zero-order valence-corrected chi connectivity index (χ0v) is 11.9. The second-order valence-corrected chi connectivity index (χ2v) is 5.31. The van der Waals surface area contributed by atoms with Crippen LogP contribution in [-0.2, 0) is 0 Å². The van der Waals surface area contributed by atoms with E-state index >= 15 is 0 Å². The highest BCUT2D eigenvalue weighted by molar-refractivity contribution is 5.94. The molecule has 0 spiro atoms. The zero-order chi connectivity index (χ0) is 16.2. The van der Waals surface area contributed by atoms with Gasteiger partial charge in [-0.2, -0.15) is 4.39 Å². The number of methoxy groups -OCH3 is 1. The monoisotopic (exact) mass is 309 g/mol. The number of hydrogen-bond acceptors (Lipinski definition) is 3. The van der Waals surface area contributed by atoms with E-state index < -0.39 is 28.8 Å². The fourth-order valence-electron chi connectivity index (χ4n) is 2.75. The van der Waals surface area contributed by atoms with Crippen LogP contribution in [-0.4, -0.2) is 22.8 Å². The first kappa shape index (κ1) is 14.5. The Labute approximate surface area is 123 Å². The number of aromatic nitrogens is 1. The smallest absolute Gasteiger partial charge is 0.352 e. The molecule has 0 amide bonds. The molecule has 1 heterocycles. The standard InChI is InChI=1S/C15H13F2NO4/c1-6-10-9(19)5-8(15(20)21)18(7-3-4-7)13(10)14(22-2)12(17)11(6)16/h5,7H,3-4H2,1-2H3,(H,20,21). The molecule has 7 heteroatoms. The summed E-state index contributed by atoms with van der Waals surface area (Å²) in [5.74, 6) is -4.11. The number of ether oxygens (including phenoxy) is 1. The van der Waals surface area contributed by atoms with Gasteiger partial charge in [-0.25, -0.2) is 9.18 Å². The normalized spacial score (nSPS) is 14.4. The molecule has 3 rings (SSSR count). The second-order valence-electron chi connectivity index (χ2n) is 5.31. The van der Waals surface area contributed by atoms with Crippen molar-refractivity contribution in [1.29, 1.82) is 0 Å². The van der Waals surface area contributed by atoms with Gasteiger partial charge >= 0.3 is 5.97 Å². The van der Waals surface area contributed by atoms with E-state index in [4.69, 9.17) is 4.74 Å². The average Bonchev–Trinajstić information content (AvgIpc) is 3.29. The molecule has 22 heavy (non-hydrogen) atoms. The van der Waals surface area contributed by atoms with E-state index in [9.17, 15) is 23.5 Å². The quantitative estimate of drug-likeness (QED) is 0.946. The SMILES string of the molecule is COc1c(F)c(F)c(C)c2c(=O)cc(C(=O)O)n(C3CC3)c12. The molecule has 0 saturated heterocycles. The van der Waals surface area contributed by atoms with Gasteiger partial charge in [-0.3, -0.25) is 4.79 Å². The number of nitrogens with zero attached hydrogens (tertiary/aromatic N) is 1. The molecule has 1 fully saturated rings. The van der Waals surface area contributed by atoms with Gasteiger partial charge in [0.05, 0.1) is 18.0 Å². The molecular formula is C15H13F2NO4. The Kier molecular flexibility index (Phi) is 3.16. The summed E-state index contributed by atoms with van der Waals surface area (Å²) in [6.45, 7) is 1.29. The Morgan fingerprint density at radius 3 is 2.50 bits per heavy atom. The number of benzene rings is 1. The van der Waals surface area contributed by atoms with Crippen molar-refractivity contribution in [3.63, 3.8) is 0 Å². The predicted molar refractivity (Wildman–Crippen MR) is 74.6 cm³/mol. The van der Waals surface area contributed by atoms with E-state index in [0.717, 1.165) is 13.2 Å². The number of carboxylic acids is 1. The van der Waals surface area contributed by atoms with Gasteiger partial charge < -0.3 is 14.4 Å². The number of halogens is 2. The van der Waals surface area contributed by atoms with Crippen LogP contribution < -0.4 is 10.2 Å². The minimum absolute atomic E-state index is 0.00583. The van der Waals surface area contributed by atoms with E-state index in [1.165, 1.54) is 11.5 Å². The van der Waals surface area contributed by atoms with Gasteiger partial charge in [0.2, 0.25) is 5.82 Å². The number of aromatic carboxylic acids is 1. The van der Waals surface area contributed by atoms with Crippen molar-refractivity contribution in [3.8, 4) is 5.75 Å². The first-order chi connectivity index (χ1) is 10.4. The van der Waals surface area contributed by atoms with E-state index in [1.54, 1.807) is 0 Å². The summed E-state index contributed by atoms with van der Waals surface area (Å²) in [5, 5.41) is 9.27. The number of rotatable bonds is 3. The first-order valence-electron chi connectivity index (χ1n) is 6.72. The molecule has 1 aliphatic carbocycles. The molecule has 1 N–H and O–H groups in total. The van der Waals surface area contributed by atoms with Gasteiger partial charge in [0.25, 0.3) is 0 Å². The van der Waals surface area contributed by atoms with Crippen LogP contribution in [0.4, 0.5) is 8.78 Å². The van der Waals surface area contributed by atoms with Gasteiger partial charge in [0, 0.05) is 17.7 Å². The minimum Gasteiger partial charge on any atom is -0.491 e. The summed E-state index contributed by atoms with van der Waals surface area (Å²) < 4.78 is 34.4. The summed E-state index contributed by atoms with van der Waals surface area (Å²) in [6.07, 6.45) is 1.42. The fraction of sp³-hybridized carbons (Fsp3) is 0.333. The van der Waals surface area contributed by atoms with E-state index in [2.05, 4.69) is 0 Å². The lowest BCUT2D eigenvalue weighted by atomic mass is 10.1. The third-order valence-electron chi connectivity index (χ3n) is 3.90. The number of carboxylic acid groups (broad SMARTS) is 1. The lowest BCUT2D eigenvalue weighted by molar-refractivity contribution is 0.0684. The van der Waals surface area contributed by atoms with Crippen molar-refractivity contribution < 1.29 is 23.4 Å². The van der Waals surface area contributed by atoms with Crippen molar-refractivity contribution in [2.45, 2.75) is 25.8 Å². The summed E-state index contributed by atoms with van der Waals surface area (Å²) >= 11 is 0. The molecule has 1 aromatic carbocycles. The van der Waals surface area contributed by atoms with Gasteiger partial charge in [0.1, 0.15) is 5.69 Å². The fourth-order valence-corrected chi connectivity index (χ4v) is 2.75.